The SMILES string of the molecule is CC#CCOC1=CC(=N)/C(=C\NC)C=C1NC(=O)c1cnc(N2CC[C@@H](N(C(=O)OC(C)(C)C)C3CC3)C2)cn1. The van der Waals surface area contributed by atoms with Crippen LogP contribution in [0.3, 0.4) is 0 Å². The topological polar surface area (TPSA) is 133 Å². The number of anilines is 1. The molecule has 0 bridgehead atoms. The molecule has 1 aromatic rings. The first-order chi connectivity index (χ1) is 19.1. The first kappa shape index (κ1) is 28.7. The number of allylic oxidation sites excluding steroid dienone is 3. The summed E-state index contributed by atoms with van der Waals surface area (Å²) in [5.74, 6) is 6.10. The van der Waals surface area contributed by atoms with Gasteiger partial charge < -0.3 is 35.3 Å². The molecule has 2 amide bonds. The zero-order valence-electron chi connectivity index (χ0n) is 23.7. The minimum atomic E-state index is -0.545. The summed E-state index contributed by atoms with van der Waals surface area (Å²) in [6.07, 6.45) is 10.4. The van der Waals surface area contributed by atoms with Gasteiger partial charge in [0.05, 0.1) is 29.8 Å². The minimum absolute atomic E-state index is 0.0339. The van der Waals surface area contributed by atoms with Crippen LogP contribution in [-0.4, -0.2) is 77.0 Å². The Morgan fingerprint density at radius 2 is 1.98 bits per heavy atom. The van der Waals surface area contributed by atoms with Crippen LogP contribution >= 0.6 is 0 Å². The molecule has 1 aliphatic heterocycles. The van der Waals surface area contributed by atoms with Gasteiger partial charge in [-0.25, -0.2) is 14.8 Å². The summed E-state index contributed by atoms with van der Waals surface area (Å²) in [5, 5.41) is 13.9. The van der Waals surface area contributed by atoms with E-state index in [0.717, 1.165) is 25.8 Å². The van der Waals surface area contributed by atoms with E-state index >= 15 is 0 Å². The number of carbonyl (C=O) groups excluding carboxylic acids is 2. The summed E-state index contributed by atoms with van der Waals surface area (Å²) in [6, 6.07) is 0.266. The van der Waals surface area contributed by atoms with E-state index < -0.39 is 11.5 Å². The lowest BCUT2D eigenvalue weighted by atomic mass is 10.0. The first-order valence-corrected chi connectivity index (χ1v) is 13.4. The molecule has 4 rings (SSSR count). The third kappa shape index (κ3) is 7.20. The number of aromatic nitrogens is 2. The van der Waals surface area contributed by atoms with E-state index in [0.29, 0.717) is 29.4 Å². The average Bonchev–Trinajstić information content (AvgIpc) is 3.61. The Labute approximate surface area is 235 Å². The Morgan fingerprint density at radius 1 is 1.20 bits per heavy atom. The Balaban J connectivity index is 1.42. The molecule has 1 aromatic heterocycles. The highest BCUT2D eigenvalue weighted by Crippen LogP contribution is 2.33. The van der Waals surface area contributed by atoms with Gasteiger partial charge in [0.15, 0.2) is 0 Å². The third-order valence-electron chi connectivity index (χ3n) is 6.47. The van der Waals surface area contributed by atoms with Crippen LogP contribution in [-0.2, 0) is 9.47 Å². The molecule has 11 nitrogen and oxygen atoms in total. The lowest BCUT2D eigenvalue weighted by molar-refractivity contribution is 0.0158. The van der Waals surface area contributed by atoms with Crippen molar-refractivity contribution in [3.05, 3.63) is 53.5 Å². The van der Waals surface area contributed by atoms with E-state index in [2.05, 4.69) is 37.3 Å². The zero-order chi connectivity index (χ0) is 28.9. The number of nitrogens with zero attached hydrogens (tertiary/aromatic N) is 4. The number of hydrogen-bond donors (Lipinski definition) is 3. The van der Waals surface area contributed by atoms with E-state index in [9.17, 15) is 9.59 Å². The Morgan fingerprint density at radius 3 is 2.60 bits per heavy atom. The van der Waals surface area contributed by atoms with Gasteiger partial charge in [-0.15, -0.1) is 5.92 Å². The van der Waals surface area contributed by atoms with Crippen molar-refractivity contribution in [2.45, 2.75) is 64.6 Å². The van der Waals surface area contributed by atoms with Crippen molar-refractivity contribution in [3.8, 4) is 11.8 Å². The van der Waals surface area contributed by atoms with Crippen molar-refractivity contribution in [3.63, 3.8) is 0 Å². The maximum absolute atomic E-state index is 13.1. The van der Waals surface area contributed by atoms with Crippen molar-refractivity contribution < 1.29 is 19.1 Å². The Bertz CT molecular complexity index is 1290. The van der Waals surface area contributed by atoms with Gasteiger partial charge in [-0.05, 0) is 53.0 Å². The van der Waals surface area contributed by atoms with Gasteiger partial charge in [-0.2, -0.15) is 0 Å². The standard InChI is InChI=1S/C29H37N7O4/c1-6-7-12-39-25-14-22(30)19(15-31-5)13-23(25)34-27(37)24-16-33-26(17-32-24)35-11-10-21(18-35)36(20-8-9-20)28(38)40-29(2,3)4/h13-17,20-21,30-31H,8-12,18H2,1-5H3,(H,34,37)/b19-15-,30-22?/t21-/m1/s1. The highest BCUT2D eigenvalue weighted by Gasteiger charge is 2.42. The predicted octanol–water partition coefficient (Wildman–Crippen LogP) is 3.13. The molecule has 2 aliphatic carbocycles. The van der Waals surface area contributed by atoms with E-state index in [1.807, 2.05) is 25.7 Å². The summed E-state index contributed by atoms with van der Waals surface area (Å²) in [5.41, 5.74) is 0.823. The molecule has 2 fully saturated rings. The summed E-state index contributed by atoms with van der Waals surface area (Å²) in [4.78, 5) is 38.8. The van der Waals surface area contributed by atoms with Crippen molar-refractivity contribution >= 4 is 23.5 Å². The second-order valence-corrected chi connectivity index (χ2v) is 10.8. The molecule has 3 N–H and O–H groups in total. The van der Waals surface area contributed by atoms with Gasteiger partial charge in [0.25, 0.3) is 5.91 Å². The third-order valence-corrected chi connectivity index (χ3v) is 6.47. The molecule has 2 heterocycles. The molecule has 11 heteroatoms. The highest BCUT2D eigenvalue weighted by atomic mass is 16.6. The van der Waals surface area contributed by atoms with Crippen LogP contribution in [0.15, 0.2) is 47.8 Å². The van der Waals surface area contributed by atoms with Crippen molar-refractivity contribution in [1.29, 1.82) is 5.41 Å². The lowest BCUT2D eigenvalue weighted by Gasteiger charge is -2.31. The fourth-order valence-corrected chi connectivity index (χ4v) is 4.50. The second kappa shape index (κ2) is 12.2. The van der Waals surface area contributed by atoms with Gasteiger partial charge in [0.2, 0.25) is 0 Å². The maximum atomic E-state index is 13.1. The van der Waals surface area contributed by atoms with Crippen molar-refractivity contribution in [1.82, 2.24) is 25.5 Å². The summed E-state index contributed by atoms with van der Waals surface area (Å²) in [6.45, 7) is 8.83. The monoisotopic (exact) mass is 547 g/mol. The number of nitrogens with one attached hydrogen (secondary N) is 3. The lowest BCUT2D eigenvalue weighted by Crippen LogP contribution is -2.46. The second-order valence-electron chi connectivity index (χ2n) is 10.8. The molecule has 3 aliphatic rings. The molecule has 212 valence electrons. The van der Waals surface area contributed by atoms with E-state index in [1.54, 1.807) is 32.4 Å². The molecule has 0 unspecified atom stereocenters. The summed E-state index contributed by atoms with van der Waals surface area (Å²) < 4.78 is 11.4. The minimum Gasteiger partial charge on any atom is -0.479 e. The molecule has 1 saturated heterocycles. The van der Waals surface area contributed by atoms with Crippen LogP contribution in [0.5, 0.6) is 0 Å². The molecular weight excluding hydrogens is 510 g/mol. The predicted molar refractivity (Wildman–Crippen MR) is 152 cm³/mol. The fraction of sp³-hybridized carbons (Fsp3) is 0.483. The number of amides is 2. The Kier molecular flexibility index (Phi) is 8.77. The van der Waals surface area contributed by atoms with Crippen LogP contribution in [0.2, 0.25) is 0 Å². The molecule has 0 spiro atoms. The fourth-order valence-electron chi connectivity index (χ4n) is 4.50. The smallest absolute Gasteiger partial charge is 0.410 e. The molecule has 40 heavy (non-hydrogen) atoms. The van der Waals surface area contributed by atoms with E-state index in [4.69, 9.17) is 14.9 Å². The molecular formula is C29H37N7O4. The first-order valence-electron chi connectivity index (χ1n) is 13.4. The van der Waals surface area contributed by atoms with Crippen LogP contribution in [0.25, 0.3) is 0 Å². The average molecular weight is 548 g/mol. The van der Waals surface area contributed by atoms with Gasteiger partial charge in [0.1, 0.15) is 29.5 Å². The zero-order valence-corrected chi connectivity index (χ0v) is 23.7. The van der Waals surface area contributed by atoms with Crippen LogP contribution < -0.4 is 15.5 Å². The van der Waals surface area contributed by atoms with Crippen LogP contribution in [0, 0.1) is 17.3 Å². The van der Waals surface area contributed by atoms with Crippen LogP contribution in [0.4, 0.5) is 10.6 Å². The van der Waals surface area contributed by atoms with Gasteiger partial charge in [-0.1, -0.05) is 5.92 Å². The number of ether oxygens (including phenoxy) is 2. The number of hydrogen-bond acceptors (Lipinski definition) is 9. The van der Waals surface area contributed by atoms with Gasteiger partial charge in [0, 0.05) is 44.0 Å². The maximum Gasteiger partial charge on any atom is 0.410 e. The van der Waals surface area contributed by atoms with Crippen LogP contribution in [0.1, 0.15) is 57.4 Å². The summed E-state index contributed by atoms with van der Waals surface area (Å²) in [7, 11) is 1.74. The highest BCUT2D eigenvalue weighted by molar-refractivity contribution is 6.10. The van der Waals surface area contributed by atoms with E-state index in [-0.39, 0.29) is 36.2 Å². The molecule has 0 aromatic carbocycles. The van der Waals surface area contributed by atoms with Crippen molar-refractivity contribution in [2.24, 2.45) is 0 Å². The van der Waals surface area contributed by atoms with Gasteiger partial charge in [-0.3, -0.25) is 4.79 Å². The summed E-state index contributed by atoms with van der Waals surface area (Å²) >= 11 is 0. The normalized spacial score (nSPS) is 19.7. The van der Waals surface area contributed by atoms with Crippen molar-refractivity contribution in [2.75, 3.05) is 31.6 Å². The van der Waals surface area contributed by atoms with E-state index in [1.165, 1.54) is 12.3 Å². The molecule has 1 atom stereocenters. The quantitative estimate of drug-likeness (QED) is 0.423. The van der Waals surface area contributed by atoms with Gasteiger partial charge >= 0.3 is 6.09 Å². The molecule has 1 saturated carbocycles. The number of rotatable bonds is 8. The molecule has 0 radical (unpaired) electrons. The largest absolute Gasteiger partial charge is 0.479 e. The number of carbonyl (C=O) groups is 2. The Hall–Kier alpha value is -4.33.